The minimum Gasteiger partial charge on any atom is -0.316 e. The predicted octanol–water partition coefficient (Wildman–Crippen LogP) is 2.18. The van der Waals surface area contributed by atoms with E-state index >= 15 is 0 Å². The van der Waals surface area contributed by atoms with E-state index in [1.54, 1.807) is 0 Å². The van der Waals surface area contributed by atoms with Gasteiger partial charge in [0.2, 0.25) is 0 Å². The molecule has 5 heteroatoms. The summed E-state index contributed by atoms with van der Waals surface area (Å²) in [6.07, 6.45) is 1.09. The van der Waals surface area contributed by atoms with Crippen LogP contribution in [0, 0.1) is 11.6 Å². The van der Waals surface area contributed by atoms with Crippen LogP contribution < -0.4 is 5.32 Å². The topological polar surface area (TPSA) is 15.3 Å². The average molecular weight is 263 g/mol. The fraction of sp³-hybridized carbons (Fsp3) is 0.500. The third-order valence-electron chi connectivity index (χ3n) is 3.01. The van der Waals surface area contributed by atoms with Crippen molar-refractivity contribution in [3.63, 3.8) is 0 Å². The van der Waals surface area contributed by atoms with E-state index in [4.69, 9.17) is 0 Å². The van der Waals surface area contributed by atoms with Crippen LogP contribution in [0.15, 0.2) is 18.2 Å². The van der Waals surface area contributed by atoms with Crippen LogP contribution in [0.3, 0.4) is 0 Å². The van der Waals surface area contributed by atoms with Gasteiger partial charge in [-0.2, -0.15) is 0 Å². The quantitative estimate of drug-likeness (QED) is 0.898. The van der Waals surface area contributed by atoms with Gasteiger partial charge in [-0.3, -0.25) is 4.90 Å². The lowest BCUT2D eigenvalue weighted by molar-refractivity contribution is 0.321. The molecular formula is C12H17ClF2N2. The molecule has 0 bridgehead atoms. The second kappa shape index (κ2) is 6.28. The van der Waals surface area contributed by atoms with Crippen molar-refractivity contribution >= 4 is 12.4 Å². The van der Waals surface area contributed by atoms with Crippen molar-refractivity contribution in [1.82, 2.24) is 10.2 Å². The summed E-state index contributed by atoms with van der Waals surface area (Å²) in [6.45, 7) is 2.53. The smallest absolute Gasteiger partial charge is 0.126 e. The van der Waals surface area contributed by atoms with Gasteiger partial charge in [-0.15, -0.1) is 12.4 Å². The maximum atomic E-state index is 13.0. The summed E-state index contributed by atoms with van der Waals surface area (Å²) in [4.78, 5) is 2.20. The Morgan fingerprint density at radius 2 is 1.94 bits per heavy atom. The summed E-state index contributed by atoms with van der Waals surface area (Å²) in [7, 11) is 1.94. The average Bonchev–Trinajstić information content (AvgIpc) is 2.64. The molecule has 1 aromatic carbocycles. The first-order valence-electron chi connectivity index (χ1n) is 5.52. The van der Waals surface area contributed by atoms with Gasteiger partial charge in [0, 0.05) is 31.7 Å². The maximum absolute atomic E-state index is 13.0. The fourth-order valence-corrected chi connectivity index (χ4v) is 2.17. The summed E-state index contributed by atoms with van der Waals surface area (Å²) in [5.74, 6) is -1.00. The molecule has 1 N–H and O–H groups in total. The maximum Gasteiger partial charge on any atom is 0.126 e. The molecule has 0 saturated carbocycles. The lowest BCUT2D eigenvalue weighted by Gasteiger charge is -2.15. The van der Waals surface area contributed by atoms with E-state index < -0.39 is 11.6 Å². The molecule has 96 valence electrons. The van der Waals surface area contributed by atoms with E-state index in [0.717, 1.165) is 25.6 Å². The Hall–Kier alpha value is -0.710. The summed E-state index contributed by atoms with van der Waals surface area (Å²) >= 11 is 0. The van der Waals surface area contributed by atoms with Crippen LogP contribution in [0.2, 0.25) is 0 Å². The van der Waals surface area contributed by atoms with Crippen molar-refractivity contribution < 1.29 is 8.78 Å². The molecule has 1 unspecified atom stereocenters. The number of hydrogen-bond acceptors (Lipinski definition) is 2. The number of hydrogen-bond donors (Lipinski definition) is 1. The first-order valence-corrected chi connectivity index (χ1v) is 5.52. The number of benzene rings is 1. The Morgan fingerprint density at radius 3 is 2.47 bits per heavy atom. The highest BCUT2D eigenvalue weighted by Gasteiger charge is 2.20. The molecule has 1 heterocycles. The van der Waals surface area contributed by atoms with Gasteiger partial charge < -0.3 is 5.32 Å². The van der Waals surface area contributed by atoms with Crippen LogP contribution in [0.5, 0.6) is 0 Å². The largest absolute Gasteiger partial charge is 0.316 e. The number of rotatable bonds is 3. The third-order valence-corrected chi connectivity index (χ3v) is 3.01. The molecule has 0 amide bonds. The number of halogens is 3. The van der Waals surface area contributed by atoms with Gasteiger partial charge in [0.05, 0.1) is 0 Å². The molecule has 2 rings (SSSR count). The highest BCUT2D eigenvalue weighted by molar-refractivity contribution is 5.85. The Morgan fingerprint density at radius 1 is 1.29 bits per heavy atom. The van der Waals surface area contributed by atoms with Gasteiger partial charge in [-0.05, 0) is 31.2 Å². The van der Waals surface area contributed by atoms with Crippen LogP contribution in [0.1, 0.15) is 12.0 Å². The molecule has 1 aromatic rings. The standard InChI is InChI=1S/C12H16F2N2.ClH/c1-15-12-2-3-16(8-12)7-9-4-10(13)6-11(14)5-9;/h4-6,12,15H,2-3,7-8H2,1H3;1H. The van der Waals surface area contributed by atoms with Gasteiger partial charge >= 0.3 is 0 Å². The number of nitrogens with zero attached hydrogens (tertiary/aromatic N) is 1. The van der Waals surface area contributed by atoms with Crippen molar-refractivity contribution in [2.75, 3.05) is 20.1 Å². The van der Waals surface area contributed by atoms with E-state index in [9.17, 15) is 8.78 Å². The van der Waals surface area contributed by atoms with Crippen LogP contribution >= 0.6 is 12.4 Å². The minimum atomic E-state index is -0.501. The van der Waals surface area contributed by atoms with Gasteiger partial charge in [0.25, 0.3) is 0 Å². The van der Waals surface area contributed by atoms with E-state index in [1.165, 1.54) is 12.1 Å². The summed E-state index contributed by atoms with van der Waals surface area (Å²) in [5, 5.41) is 3.21. The van der Waals surface area contributed by atoms with Crippen LogP contribution in [-0.4, -0.2) is 31.1 Å². The molecule has 1 atom stereocenters. The number of likely N-dealkylation sites (tertiary alicyclic amines) is 1. The lowest BCUT2D eigenvalue weighted by Crippen LogP contribution is -2.29. The zero-order valence-electron chi connectivity index (χ0n) is 9.75. The molecule has 0 spiro atoms. The van der Waals surface area contributed by atoms with E-state index in [1.807, 2.05) is 7.05 Å². The van der Waals surface area contributed by atoms with Crippen molar-refractivity contribution in [3.8, 4) is 0 Å². The van der Waals surface area contributed by atoms with E-state index in [2.05, 4.69) is 10.2 Å². The van der Waals surface area contributed by atoms with Crippen LogP contribution in [0.4, 0.5) is 8.78 Å². The van der Waals surface area contributed by atoms with Crippen molar-refractivity contribution in [3.05, 3.63) is 35.4 Å². The highest BCUT2D eigenvalue weighted by atomic mass is 35.5. The Bertz CT molecular complexity index is 353. The van der Waals surface area contributed by atoms with Crippen molar-refractivity contribution in [2.24, 2.45) is 0 Å². The second-order valence-electron chi connectivity index (χ2n) is 4.29. The van der Waals surface area contributed by atoms with Gasteiger partial charge in [-0.1, -0.05) is 0 Å². The molecule has 1 aliphatic heterocycles. The Balaban J connectivity index is 0.00000144. The number of nitrogens with one attached hydrogen (secondary N) is 1. The fourth-order valence-electron chi connectivity index (χ4n) is 2.17. The molecule has 2 nitrogen and oxygen atoms in total. The zero-order valence-corrected chi connectivity index (χ0v) is 10.6. The zero-order chi connectivity index (χ0) is 11.5. The molecule has 0 aromatic heterocycles. The normalized spacial score (nSPS) is 20.3. The highest BCUT2D eigenvalue weighted by Crippen LogP contribution is 2.15. The van der Waals surface area contributed by atoms with E-state index in [0.29, 0.717) is 18.2 Å². The summed E-state index contributed by atoms with van der Waals surface area (Å²) in [5.41, 5.74) is 0.703. The van der Waals surface area contributed by atoms with Crippen molar-refractivity contribution in [1.29, 1.82) is 0 Å². The predicted molar refractivity (Wildman–Crippen MR) is 66.3 cm³/mol. The van der Waals surface area contributed by atoms with Gasteiger partial charge in [0.15, 0.2) is 0 Å². The Kier molecular flexibility index (Phi) is 5.31. The van der Waals surface area contributed by atoms with E-state index in [-0.39, 0.29) is 12.4 Å². The SMILES string of the molecule is CNC1CCN(Cc2cc(F)cc(F)c2)C1.Cl. The molecule has 1 saturated heterocycles. The first-order chi connectivity index (χ1) is 7.67. The van der Waals surface area contributed by atoms with Crippen molar-refractivity contribution in [2.45, 2.75) is 19.0 Å². The summed E-state index contributed by atoms with van der Waals surface area (Å²) < 4.78 is 25.9. The number of likely N-dealkylation sites (N-methyl/N-ethyl adjacent to an activating group) is 1. The second-order valence-corrected chi connectivity index (χ2v) is 4.29. The molecule has 0 aliphatic carbocycles. The summed E-state index contributed by atoms with van der Waals surface area (Å²) in [6, 6.07) is 4.20. The van der Waals surface area contributed by atoms with Crippen LogP contribution in [0.25, 0.3) is 0 Å². The van der Waals surface area contributed by atoms with Crippen LogP contribution in [-0.2, 0) is 6.54 Å². The molecule has 1 aliphatic rings. The van der Waals surface area contributed by atoms with Gasteiger partial charge in [0.1, 0.15) is 11.6 Å². The first kappa shape index (κ1) is 14.4. The third kappa shape index (κ3) is 3.91. The molecule has 17 heavy (non-hydrogen) atoms. The minimum absolute atomic E-state index is 0. The molecular weight excluding hydrogens is 246 g/mol. The monoisotopic (exact) mass is 262 g/mol. The Labute approximate surface area is 106 Å². The van der Waals surface area contributed by atoms with Gasteiger partial charge in [-0.25, -0.2) is 8.78 Å². The molecule has 0 radical (unpaired) electrons. The lowest BCUT2D eigenvalue weighted by atomic mass is 10.2. The molecule has 1 fully saturated rings.